The fraction of sp³-hybridized carbons (Fsp3) is 0.278. The van der Waals surface area contributed by atoms with E-state index in [1.807, 2.05) is 41.8 Å². The van der Waals surface area contributed by atoms with E-state index in [1.165, 1.54) is 0 Å². The minimum Gasteiger partial charge on any atom is -0.339 e. The number of aromatic nitrogens is 2. The zero-order chi connectivity index (χ0) is 17.5. The lowest BCUT2D eigenvalue weighted by Gasteiger charge is -2.07. The van der Waals surface area contributed by atoms with Crippen LogP contribution in [0.25, 0.3) is 10.7 Å². The number of hydrogen-bond donors (Lipinski definition) is 2. The van der Waals surface area contributed by atoms with Crippen molar-refractivity contribution in [1.29, 1.82) is 0 Å². The summed E-state index contributed by atoms with van der Waals surface area (Å²) in [7, 11) is 0. The van der Waals surface area contributed by atoms with E-state index in [-0.39, 0.29) is 5.91 Å². The summed E-state index contributed by atoms with van der Waals surface area (Å²) in [4.78, 5) is 17.4. The van der Waals surface area contributed by atoms with Gasteiger partial charge >= 0.3 is 0 Å². The number of anilines is 1. The molecule has 0 aliphatic heterocycles. The van der Waals surface area contributed by atoms with Gasteiger partial charge < -0.3 is 15.2 Å². The average Bonchev–Trinajstić information content (AvgIpc) is 3.29. The maximum Gasteiger partial charge on any atom is 0.227 e. The molecule has 130 valence electrons. The lowest BCUT2D eigenvalue weighted by Crippen LogP contribution is -2.14. The molecule has 1 amide bonds. The number of amides is 1. The molecule has 0 saturated heterocycles. The van der Waals surface area contributed by atoms with Gasteiger partial charge in [0.25, 0.3) is 0 Å². The molecule has 1 aromatic carbocycles. The van der Waals surface area contributed by atoms with Gasteiger partial charge in [0.15, 0.2) is 0 Å². The zero-order valence-corrected chi connectivity index (χ0v) is 14.8. The molecule has 0 aliphatic carbocycles. The highest BCUT2D eigenvalue weighted by Crippen LogP contribution is 2.21. The molecule has 6 nitrogen and oxygen atoms in total. The second-order valence-corrected chi connectivity index (χ2v) is 6.47. The molecule has 3 aromatic rings. The zero-order valence-electron chi connectivity index (χ0n) is 14.0. The van der Waals surface area contributed by atoms with Gasteiger partial charge in [-0.3, -0.25) is 4.79 Å². The molecule has 3 rings (SSSR count). The first kappa shape index (κ1) is 17.3. The van der Waals surface area contributed by atoms with Crippen molar-refractivity contribution in [2.45, 2.75) is 26.3 Å². The van der Waals surface area contributed by atoms with Gasteiger partial charge in [-0.15, -0.1) is 11.3 Å². The summed E-state index contributed by atoms with van der Waals surface area (Å²) in [5, 5.41) is 12.1. The summed E-state index contributed by atoms with van der Waals surface area (Å²) in [6, 6.07) is 11.7. The van der Waals surface area contributed by atoms with Crippen LogP contribution < -0.4 is 10.6 Å². The van der Waals surface area contributed by atoms with E-state index in [0.717, 1.165) is 29.2 Å². The third-order valence-electron chi connectivity index (χ3n) is 3.57. The first-order valence-corrected chi connectivity index (χ1v) is 9.08. The number of carbonyl (C=O) groups excluding carboxylic acids is 1. The Balaban J connectivity index is 1.51. The van der Waals surface area contributed by atoms with E-state index >= 15 is 0 Å². The maximum atomic E-state index is 12.1. The van der Waals surface area contributed by atoms with Crippen molar-refractivity contribution in [2.24, 2.45) is 0 Å². The third-order valence-corrected chi connectivity index (χ3v) is 4.43. The Morgan fingerprint density at radius 3 is 3.00 bits per heavy atom. The largest absolute Gasteiger partial charge is 0.339 e. The average molecular weight is 356 g/mol. The van der Waals surface area contributed by atoms with E-state index in [4.69, 9.17) is 4.52 Å². The molecule has 7 heteroatoms. The van der Waals surface area contributed by atoms with Crippen LogP contribution in [0.3, 0.4) is 0 Å². The fourth-order valence-corrected chi connectivity index (χ4v) is 2.98. The van der Waals surface area contributed by atoms with Gasteiger partial charge in [-0.05, 0) is 35.7 Å². The van der Waals surface area contributed by atoms with Crippen LogP contribution in [0.15, 0.2) is 46.3 Å². The predicted molar refractivity (Wildman–Crippen MR) is 98.4 cm³/mol. The minimum atomic E-state index is -0.0727. The summed E-state index contributed by atoms with van der Waals surface area (Å²) < 4.78 is 5.21. The van der Waals surface area contributed by atoms with E-state index in [2.05, 4.69) is 27.7 Å². The molecule has 0 aliphatic rings. The highest BCUT2D eigenvalue weighted by molar-refractivity contribution is 7.13. The van der Waals surface area contributed by atoms with Gasteiger partial charge in [0, 0.05) is 25.1 Å². The van der Waals surface area contributed by atoms with Crippen LogP contribution in [0.1, 0.15) is 24.8 Å². The third kappa shape index (κ3) is 4.98. The normalized spacial score (nSPS) is 10.8. The molecule has 0 unspecified atom stereocenters. The highest BCUT2D eigenvalue weighted by Gasteiger charge is 2.11. The Labute approximate surface area is 150 Å². The first-order valence-electron chi connectivity index (χ1n) is 8.20. The van der Waals surface area contributed by atoms with Gasteiger partial charge in [-0.25, -0.2) is 0 Å². The van der Waals surface area contributed by atoms with Crippen LogP contribution in [0, 0.1) is 0 Å². The van der Waals surface area contributed by atoms with Crippen LogP contribution in [0.4, 0.5) is 5.69 Å². The predicted octanol–water partition coefficient (Wildman–Crippen LogP) is 3.48. The number of benzene rings is 1. The summed E-state index contributed by atoms with van der Waals surface area (Å²) >= 11 is 1.55. The van der Waals surface area contributed by atoms with E-state index in [1.54, 1.807) is 11.3 Å². The fourth-order valence-electron chi connectivity index (χ4n) is 2.33. The Morgan fingerprint density at radius 1 is 1.28 bits per heavy atom. The molecule has 0 fully saturated rings. The van der Waals surface area contributed by atoms with Gasteiger partial charge in [-0.1, -0.05) is 30.3 Å². The Kier molecular flexibility index (Phi) is 5.92. The quantitative estimate of drug-likeness (QED) is 0.646. The molecule has 0 spiro atoms. The van der Waals surface area contributed by atoms with Gasteiger partial charge in [0.1, 0.15) is 0 Å². The monoisotopic (exact) mass is 356 g/mol. The maximum absolute atomic E-state index is 12.1. The van der Waals surface area contributed by atoms with Crippen molar-refractivity contribution in [3.63, 3.8) is 0 Å². The number of nitrogens with one attached hydrogen (secondary N) is 2. The first-order chi connectivity index (χ1) is 12.2. The van der Waals surface area contributed by atoms with Crippen molar-refractivity contribution in [1.82, 2.24) is 15.5 Å². The second-order valence-electron chi connectivity index (χ2n) is 5.52. The van der Waals surface area contributed by atoms with Crippen LogP contribution >= 0.6 is 11.3 Å². The van der Waals surface area contributed by atoms with Crippen molar-refractivity contribution in [3.05, 3.63) is 53.2 Å². The van der Waals surface area contributed by atoms with E-state index < -0.39 is 0 Å². The molecular weight excluding hydrogens is 336 g/mol. The molecule has 0 radical (unpaired) electrons. The van der Waals surface area contributed by atoms with Crippen LogP contribution in [-0.2, 0) is 17.8 Å². The van der Waals surface area contributed by atoms with Crippen molar-refractivity contribution in [2.75, 3.05) is 11.9 Å². The van der Waals surface area contributed by atoms with Crippen LogP contribution in [0.2, 0.25) is 0 Å². The summed E-state index contributed by atoms with van der Waals surface area (Å²) in [6.07, 6.45) is 0.713. The molecule has 2 N–H and O–H groups in total. The topological polar surface area (TPSA) is 80.0 Å². The number of carbonyl (C=O) groups is 1. The number of aryl methyl sites for hydroxylation is 1. The van der Waals surface area contributed by atoms with Crippen LogP contribution in [0.5, 0.6) is 0 Å². The molecule has 0 saturated carbocycles. The van der Waals surface area contributed by atoms with Gasteiger partial charge in [-0.2, -0.15) is 4.98 Å². The van der Waals surface area contributed by atoms with Crippen molar-refractivity contribution >= 4 is 22.9 Å². The van der Waals surface area contributed by atoms with E-state index in [9.17, 15) is 4.79 Å². The molecule has 0 atom stereocenters. The number of hydrogen-bond acceptors (Lipinski definition) is 6. The minimum absolute atomic E-state index is 0.0727. The van der Waals surface area contributed by atoms with Crippen molar-refractivity contribution in [3.8, 4) is 10.7 Å². The smallest absolute Gasteiger partial charge is 0.227 e. The standard InChI is InChI=1S/C18H20N4O2S/c1-2-19-12-13-5-3-6-14(11-13)20-16(23)8-9-17-21-18(22-24-17)15-7-4-10-25-15/h3-7,10-11,19H,2,8-9,12H2,1H3,(H,20,23). The lowest BCUT2D eigenvalue weighted by molar-refractivity contribution is -0.116. The molecule has 2 heterocycles. The van der Waals surface area contributed by atoms with Gasteiger partial charge in [0.05, 0.1) is 4.88 Å². The van der Waals surface area contributed by atoms with Crippen molar-refractivity contribution < 1.29 is 9.32 Å². The Morgan fingerprint density at radius 2 is 2.20 bits per heavy atom. The Bertz CT molecular complexity index is 814. The lowest BCUT2D eigenvalue weighted by atomic mass is 10.2. The molecule has 0 bridgehead atoms. The second kappa shape index (κ2) is 8.55. The summed E-state index contributed by atoms with van der Waals surface area (Å²) in [5.41, 5.74) is 1.93. The molecular formula is C18H20N4O2S. The van der Waals surface area contributed by atoms with Gasteiger partial charge in [0.2, 0.25) is 17.6 Å². The SMILES string of the molecule is CCNCc1cccc(NC(=O)CCc2nc(-c3cccs3)no2)c1. The Hall–Kier alpha value is -2.51. The van der Waals surface area contributed by atoms with Crippen LogP contribution in [-0.4, -0.2) is 22.6 Å². The number of rotatable bonds is 8. The number of nitrogens with zero attached hydrogens (tertiary/aromatic N) is 2. The molecule has 25 heavy (non-hydrogen) atoms. The molecule has 2 aromatic heterocycles. The number of thiophene rings is 1. The summed E-state index contributed by atoms with van der Waals surface area (Å²) in [6.45, 7) is 3.76. The highest BCUT2D eigenvalue weighted by atomic mass is 32.1. The van der Waals surface area contributed by atoms with E-state index in [0.29, 0.717) is 24.6 Å². The summed E-state index contributed by atoms with van der Waals surface area (Å²) in [5.74, 6) is 0.970.